The van der Waals surface area contributed by atoms with Crippen LogP contribution in [0, 0.1) is 0 Å². The monoisotopic (exact) mass is 259 g/mol. The van der Waals surface area contributed by atoms with E-state index in [1.54, 1.807) is 13.8 Å². The van der Waals surface area contributed by atoms with E-state index >= 15 is 0 Å². The molecule has 0 aromatic carbocycles. The fourth-order valence-corrected chi connectivity index (χ4v) is 0.296. The van der Waals surface area contributed by atoms with Gasteiger partial charge in [-0.15, -0.1) is 9.79 Å². The molecule has 0 fully saturated rings. The molecule has 0 rings (SSSR count). The zero-order chi connectivity index (χ0) is 13.7. The van der Waals surface area contributed by atoms with E-state index in [0.29, 0.717) is 6.42 Å². The average Bonchev–Trinajstić information content (AvgIpc) is 2.03. The van der Waals surface area contributed by atoms with Crippen LogP contribution in [0.3, 0.4) is 0 Å². The summed E-state index contributed by atoms with van der Waals surface area (Å²) >= 11 is 0. The summed E-state index contributed by atoms with van der Waals surface area (Å²) in [5, 5.41) is 16.8. The lowest BCUT2D eigenvalue weighted by atomic mass is 10.2. The van der Waals surface area contributed by atoms with E-state index in [0.717, 1.165) is 6.42 Å². The van der Waals surface area contributed by atoms with Crippen LogP contribution in [-0.4, -0.2) is 38.4 Å². The van der Waals surface area contributed by atoms with E-state index in [1.807, 2.05) is 6.92 Å². The highest BCUT2D eigenvalue weighted by molar-refractivity contribution is 7.30. The molecule has 0 saturated heterocycles. The Morgan fingerprint density at radius 2 is 1.44 bits per heavy atom. The Kier molecular flexibility index (Phi) is 19.7. The third-order valence-electron chi connectivity index (χ3n) is 1.35. The minimum absolute atomic E-state index is 0.0926. The summed E-state index contributed by atoms with van der Waals surface area (Å²) in [7, 11) is -2.87. The molecule has 100 valence electrons. The number of nitrogens with two attached hydrogens (primary N) is 2. The molecule has 0 amide bonds. The predicted molar refractivity (Wildman–Crippen MR) is 62.5 cm³/mol. The fraction of sp³-hybridized carbons (Fsp3) is 1.00. The van der Waals surface area contributed by atoms with Crippen LogP contribution >= 0.6 is 8.25 Å². The number of hydrogen-bond donors (Lipinski definition) is 6. The van der Waals surface area contributed by atoms with Gasteiger partial charge in [0, 0.05) is 10.6 Å². The van der Waals surface area contributed by atoms with Crippen LogP contribution in [0.1, 0.15) is 33.6 Å². The van der Waals surface area contributed by atoms with Crippen LogP contribution in [0.15, 0.2) is 0 Å². The van der Waals surface area contributed by atoms with Gasteiger partial charge in [-0.05, 0) is 20.3 Å². The Bertz CT molecular complexity index is 145. The van der Waals surface area contributed by atoms with Gasteiger partial charge in [-0.25, -0.2) is 0 Å². The van der Waals surface area contributed by atoms with Crippen LogP contribution in [0.5, 0.6) is 0 Å². The summed E-state index contributed by atoms with van der Waals surface area (Å²) < 4.78 is 8.70. The maximum atomic E-state index is 8.70. The first kappa shape index (κ1) is 21.2. The Labute approximate surface area is 97.0 Å². The molecule has 0 spiro atoms. The van der Waals surface area contributed by atoms with Gasteiger partial charge in [-0.2, -0.15) is 0 Å². The minimum atomic E-state index is -2.87. The predicted octanol–water partition coefficient (Wildman–Crippen LogP) is -0.594. The zero-order valence-corrected chi connectivity index (χ0v) is 10.8. The highest BCUT2D eigenvalue weighted by Crippen LogP contribution is 1.98. The normalized spacial score (nSPS) is 14.6. The Morgan fingerprint density at radius 3 is 1.44 bits per heavy atom. The van der Waals surface area contributed by atoms with Gasteiger partial charge < -0.3 is 21.7 Å². The average molecular weight is 259 g/mol. The molecule has 8 heteroatoms. The van der Waals surface area contributed by atoms with Crippen molar-refractivity contribution in [3.63, 3.8) is 0 Å². The molecule has 0 aliphatic carbocycles. The first-order valence-electron chi connectivity index (χ1n) is 4.87. The SMILES string of the molecule is CC(N)C(C)O.CCCC(N)O.O=[P+](O)O. The van der Waals surface area contributed by atoms with Crippen LogP contribution in [0.2, 0.25) is 0 Å². The summed E-state index contributed by atoms with van der Waals surface area (Å²) in [6.45, 7) is 5.42. The molecule has 0 aromatic rings. The lowest BCUT2D eigenvalue weighted by Crippen LogP contribution is -2.28. The van der Waals surface area contributed by atoms with E-state index in [-0.39, 0.29) is 12.1 Å². The van der Waals surface area contributed by atoms with Crippen molar-refractivity contribution < 1.29 is 24.6 Å². The van der Waals surface area contributed by atoms with Crippen molar-refractivity contribution in [2.24, 2.45) is 11.5 Å². The molecule has 0 aliphatic heterocycles. The maximum absolute atomic E-state index is 8.70. The van der Waals surface area contributed by atoms with Gasteiger partial charge in [0.25, 0.3) is 0 Å². The molecule has 0 saturated carbocycles. The maximum Gasteiger partial charge on any atom is 0.692 e. The van der Waals surface area contributed by atoms with Gasteiger partial charge in [0.15, 0.2) is 0 Å². The van der Waals surface area contributed by atoms with Crippen LogP contribution in [0.25, 0.3) is 0 Å². The second kappa shape index (κ2) is 14.9. The van der Waals surface area contributed by atoms with Crippen LogP contribution in [0.4, 0.5) is 0 Å². The molecule has 0 aliphatic rings. The van der Waals surface area contributed by atoms with E-state index in [9.17, 15) is 0 Å². The molecule has 0 radical (unpaired) electrons. The van der Waals surface area contributed by atoms with Crippen molar-refractivity contribution in [3.05, 3.63) is 0 Å². The Hall–Kier alpha value is -0.140. The molecule has 0 bridgehead atoms. The van der Waals surface area contributed by atoms with Gasteiger partial charge in [-0.1, -0.05) is 13.3 Å². The Balaban J connectivity index is -0.000000162. The van der Waals surface area contributed by atoms with Crippen molar-refractivity contribution in [3.8, 4) is 0 Å². The second-order valence-corrected chi connectivity index (χ2v) is 3.71. The molecule has 16 heavy (non-hydrogen) atoms. The summed E-state index contributed by atoms with van der Waals surface area (Å²) in [5.74, 6) is 0. The number of aliphatic hydroxyl groups is 2. The lowest BCUT2D eigenvalue weighted by Gasteiger charge is -2.04. The molecule has 0 aromatic heterocycles. The highest BCUT2D eigenvalue weighted by Gasteiger charge is 1.97. The fourth-order valence-electron chi connectivity index (χ4n) is 0.296. The number of aliphatic hydroxyl groups excluding tert-OH is 2. The molecular weight excluding hydrogens is 235 g/mol. The van der Waals surface area contributed by atoms with E-state index in [2.05, 4.69) is 0 Å². The van der Waals surface area contributed by atoms with Crippen molar-refractivity contribution in [2.45, 2.75) is 52.0 Å². The molecule has 7 nitrogen and oxygen atoms in total. The summed E-state index contributed by atoms with van der Waals surface area (Å²) in [4.78, 5) is 14.2. The third-order valence-corrected chi connectivity index (χ3v) is 1.35. The Morgan fingerprint density at radius 1 is 1.19 bits per heavy atom. The molecule has 8 N–H and O–H groups in total. The zero-order valence-electron chi connectivity index (χ0n) is 9.95. The molecular formula is C8H24N2O5P+. The minimum Gasteiger partial charge on any atom is -0.392 e. The van der Waals surface area contributed by atoms with E-state index < -0.39 is 14.5 Å². The van der Waals surface area contributed by atoms with Gasteiger partial charge in [0.05, 0.1) is 6.10 Å². The summed E-state index contributed by atoms with van der Waals surface area (Å²) in [6, 6.07) is -0.0926. The van der Waals surface area contributed by atoms with Crippen molar-refractivity contribution in [2.75, 3.05) is 0 Å². The standard InChI is InChI=1S/2C4H11NO.HO3P/c1-3(5)4(2)6;1-2-3-4(5)6;1-4(2)3/h3-4,6H,5H2,1-2H3;4,6H,2-3,5H2,1H3;(H-,1,2,3)/p+1. The van der Waals surface area contributed by atoms with Crippen molar-refractivity contribution >= 4 is 8.25 Å². The quantitative estimate of drug-likeness (QED) is 0.293. The lowest BCUT2D eigenvalue weighted by molar-refractivity contribution is 0.170. The van der Waals surface area contributed by atoms with Gasteiger partial charge in [-0.3, -0.25) is 0 Å². The summed E-state index contributed by atoms with van der Waals surface area (Å²) in [5.41, 5.74) is 10.1. The van der Waals surface area contributed by atoms with Gasteiger partial charge >= 0.3 is 8.25 Å². The second-order valence-electron chi connectivity index (χ2n) is 3.21. The first-order chi connectivity index (χ1) is 7.14. The topological polar surface area (TPSA) is 150 Å². The highest BCUT2D eigenvalue weighted by atomic mass is 31.1. The summed E-state index contributed by atoms with van der Waals surface area (Å²) in [6.07, 6.45) is 0.692. The van der Waals surface area contributed by atoms with Crippen LogP contribution < -0.4 is 11.5 Å². The molecule has 0 heterocycles. The third kappa shape index (κ3) is 48.7. The number of hydrogen-bond acceptors (Lipinski definition) is 5. The van der Waals surface area contributed by atoms with E-state index in [4.69, 9.17) is 36.0 Å². The van der Waals surface area contributed by atoms with Gasteiger partial charge in [0.2, 0.25) is 0 Å². The molecule has 3 atom stereocenters. The molecule has 3 unspecified atom stereocenters. The van der Waals surface area contributed by atoms with Crippen molar-refractivity contribution in [1.82, 2.24) is 0 Å². The largest absolute Gasteiger partial charge is 0.692 e. The van der Waals surface area contributed by atoms with Gasteiger partial charge in [0.1, 0.15) is 6.23 Å². The van der Waals surface area contributed by atoms with E-state index in [1.165, 1.54) is 0 Å². The van der Waals surface area contributed by atoms with Crippen LogP contribution in [-0.2, 0) is 4.57 Å². The smallest absolute Gasteiger partial charge is 0.392 e. The van der Waals surface area contributed by atoms with Crippen molar-refractivity contribution in [1.29, 1.82) is 0 Å². The first-order valence-corrected chi connectivity index (χ1v) is 6.03. The number of rotatable bonds is 3.